The van der Waals surface area contributed by atoms with Gasteiger partial charge in [-0.2, -0.15) is 0 Å². The lowest BCUT2D eigenvalue weighted by molar-refractivity contribution is -0.133. The fraction of sp³-hybridized carbons (Fsp3) is 0.556. The lowest BCUT2D eigenvalue weighted by Crippen LogP contribution is -2.47. The number of hydrogen-bond donors (Lipinski definition) is 1. The summed E-state index contributed by atoms with van der Waals surface area (Å²) in [7, 11) is 1.93. The van der Waals surface area contributed by atoms with Crippen LogP contribution in [0.15, 0.2) is 28.7 Å². The molecule has 1 saturated heterocycles. The molecule has 0 aromatic heterocycles. The van der Waals surface area contributed by atoms with Gasteiger partial charge < -0.3 is 5.32 Å². The molecule has 0 bridgehead atoms. The molecule has 1 spiro atoms. The summed E-state index contributed by atoms with van der Waals surface area (Å²) in [6.07, 6.45) is 5.85. The number of urea groups is 1. The Bertz CT molecular complexity index is 609. The molecule has 1 saturated carbocycles. The lowest BCUT2D eigenvalue weighted by Gasteiger charge is -2.26. The number of nitrogens with zero attached hydrogens (tertiary/aromatic N) is 2. The van der Waals surface area contributed by atoms with Gasteiger partial charge in [0.25, 0.3) is 5.91 Å². The summed E-state index contributed by atoms with van der Waals surface area (Å²) in [5.41, 5.74) is 0.503. The summed E-state index contributed by atoms with van der Waals surface area (Å²) >= 11 is 3.43. The average molecular weight is 394 g/mol. The van der Waals surface area contributed by atoms with E-state index in [4.69, 9.17) is 0 Å². The molecule has 1 aliphatic heterocycles. The van der Waals surface area contributed by atoms with Crippen molar-refractivity contribution in [3.05, 3.63) is 34.3 Å². The highest BCUT2D eigenvalue weighted by Gasteiger charge is 2.50. The van der Waals surface area contributed by atoms with Crippen LogP contribution in [0.5, 0.6) is 0 Å². The number of rotatable bonds is 4. The Morgan fingerprint density at radius 2 is 1.75 bits per heavy atom. The van der Waals surface area contributed by atoms with Crippen molar-refractivity contribution in [3.63, 3.8) is 0 Å². The van der Waals surface area contributed by atoms with Crippen LogP contribution >= 0.6 is 15.9 Å². The SMILES string of the molecule is CN(Cc1ccc(Br)cc1)CN1C(=O)NC2(CCCCCC2)C1=O. The molecule has 0 radical (unpaired) electrons. The van der Waals surface area contributed by atoms with Crippen molar-refractivity contribution in [2.75, 3.05) is 13.7 Å². The van der Waals surface area contributed by atoms with E-state index in [0.29, 0.717) is 13.2 Å². The fourth-order valence-electron chi connectivity index (χ4n) is 3.67. The van der Waals surface area contributed by atoms with E-state index in [0.717, 1.165) is 48.6 Å². The largest absolute Gasteiger partial charge is 0.326 e. The Labute approximate surface area is 151 Å². The maximum absolute atomic E-state index is 12.9. The molecular formula is C18H24BrN3O2. The van der Waals surface area contributed by atoms with Gasteiger partial charge in [0.1, 0.15) is 5.54 Å². The monoisotopic (exact) mass is 393 g/mol. The Morgan fingerprint density at radius 1 is 1.12 bits per heavy atom. The smallest absolute Gasteiger partial charge is 0.323 e. The molecule has 0 atom stereocenters. The second kappa shape index (κ2) is 7.23. The number of imide groups is 1. The van der Waals surface area contributed by atoms with Gasteiger partial charge in [-0.05, 0) is 37.6 Å². The van der Waals surface area contributed by atoms with E-state index in [9.17, 15) is 9.59 Å². The molecule has 6 heteroatoms. The van der Waals surface area contributed by atoms with Crippen molar-refractivity contribution >= 4 is 27.9 Å². The van der Waals surface area contributed by atoms with Crippen molar-refractivity contribution in [1.29, 1.82) is 0 Å². The Balaban J connectivity index is 1.64. The van der Waals surface area contributed by atoms with Crippen molar-refractivity contribution in [2.24, 2.45) is 0 Å². The maximum atomic E-state index is 12.9. The van der Waals surface area contributed by atoms with Gasteiger partial charge in [0.05, 0.1) is 6.67 Å². The molecule has 130 valence electrons. The molecule has 2 aliphatic rings. The van der Waals surface area contributed by atoms with Gasteiger partial charge in [-0.1, -0.05) is 53.7 Å². The van der Waals surface area contributed by atoms with Crippen LogP contribution in [0.3, 0.4) is 0 Å². The van der Waals surface area contributed by atoms with Crippen LogP contribution < -0.4 is 5.32 Å². The quantitative estimate of drug-likeness (QED) is 0.796. The minimum Gasteiger partial charge on any atom is -0.323 e. The molecule has 3 amide bonds. The number of benzene rings is 1. The summed E-state index contributed by atoms with van der Waals surface area (Å²) in [6.45, 7) is 1.01. The van der Waals surface area contributed by atoms with Crippen LogP contribution in [0.4, 0.5) is 4.79 Å². The van der Waals surface area contributed by atoms with E-state index in [1.54, 1.807) is 0 Å². The zero-order valence-corrected chi connectivity index (χ0v) is 15.6. The third-order valence-corrected chi connectivity index (χ3v) is 5.48. The Kier molecular flexibility index (Phi) is 5.25. The standard InChI is InChI=1S/C18H24BrN3O2/c1-21(12-14-6-8-15(19)9-7-14)13-22-16(23)18(20-17(22)24)10-4-2-3-5-11-18/h6-9H,2-5,10-13H2,1H3,(H,20,24). The molecule has 5 nitrogen and oxygen atoms in total. The lowest BCUT2D eigenvalue weighted by atomic mass is 9.90. The molecular weight excluding hydrogens is 370 g/mol. The molecule has 3 rings (SSSR count). The van der Waals surface area contributed by atoms with E-state index < -0.39 is 5.54 Å². The third-order valence-electron chi connectivity index (χ3n) is 4.95. The minimum atomic E-state index is -0.647. The van der Waals surface area contributed by atoms with Crippen LogP contribution in [-0.4, -0.2) is 41.0 Å². The molecule has 1 N–H and O–H groups in total. The molecule has 1 aromatic carbocycles. The van der Waals surface area contributed by atoms with E-state index in [1.807, 2.05) is 36.2 Å². The van der Waals surface area contributed by atoms with Gasteiger partial charge in [-0.3, -0.25) is 9.69 Å². The van der Waals surface area contributed by atoms with Crippen LogP contribution in [0, 0.1) is 0 Å². The molecule has 1 aliphatic carbocycles. The zero-order chi connectivity index (χ0) is 17.2. The summed E-state index contributed by atoms with van der Waals surface area (Å²) in [5.74, 6) is -0.0444. The molecule has 1 aromatic rings. The van der Waals surface area contributed by atoms with Gasteiger partial charge in [0.15, 0.2) is 0 Å². The van der Waals surface area contributed by atoms with Gasteiger partial charge in [-0.25, -0.2) is 9.69 Å². The topological polar surface area (TPSA) is 52.6 Å². The summed E-state index contributed by atoms with van der Waals surface area (Å²) in [6, 6.07) is 7.83. The van der Waals surface area contributed by atoms with Crippen molar-refractivity contribution in [1.82, 2.24) is 15.1 Å². The van der Waals surface area contributed by atoms with E-state index in [2.05, 4.69) is 21.2 Å². The predicted molar refractivity (Wildman–Crippen MR) is 96.3 cm³/mol. The first-order chi connectivity index (χ1) is 11.5. The second-order valence-corrected chi connectivity index (χ2v) is 7.86. The second-order valence-electron chi connectivity index (χ2n) is 6.94. The number of hydrogen-bond acceptors (Lipinski definition) is 3. The van der Waals surface area contributed by atoms with Crippen molar-refractivity contribution in [2.45, 2.75) is 50.6 Å². The van der Waals surface area contributed by atoms with Crippen LogP contribution in [0.25, 0.3) is 0 Å². The normalized spacial score (nSPS) is 20.5. The highest BCUT2D eigenvalue weighted by atomic mass is 79.9. The first-order valence-electron chi connectivity index (χ1n) is 8.57. The van der Waals surface area contributed by atoms with E-state index >= 15 is 0 Å². The minimum absolute atomic E-state index is 0.0444. The van der Waals surface area contributed by atoms with Crippen molar-refractivity contribution < 1.29 is 9.59 Å². The van der Waals surface area contributed by atoms with Gasteiger partial charge in [-0.15, -0.1) is 0 Å². The van der Waals surface area contributed by atoms with Crippen molar-refractivity contribution in [3.8, 4) is 0 Å². The fourth-order valence-corrected chi connectivity index (χ4v) is 3.93. The third kappa shape index (κ3) is 3.64. The van der Waals surface area contributed by atoms with Crippen LogP contribution in [0.1, 0.15) is 44.1 Å². The van der Waals surface area contributed by atoms with Crippen LogP contribution in [-0.2, 0) is 11.3 Å². The Hall–Kier alpha value is -1.40. The number of nitrogens with one attached hydrogen (secondary N) is 1. The number of carbonyl (C=O) groups is 2. The maximum Gasteiger partial charge on any atom is 0.326 e. The highest BCUT2D eigenvalue weighted by Crippen LogP contribution is 2.32. The zero-order valence-electron chi connectivity index (χ0n) is 14.1. The predicted octanol–water partition coefficient (Wildman–Crippen LogP) is 3.48. The highest BCUT2D eigenvalue weighted by molar-refractivity contribution is 9.10. The average Bonchev–Trinajstić information content (AvgIpc) is 2.73. The Morgan fingerprint density at radius 3 is 2.38 bits per heavy atom. The summed E-state index contributed by atoms with van der Waals surface area (Å²) in [4.78, 5) is 28.6. The van der Waals surface area contributed by atoms with Gasteiger partial charge in [0.2, 0.25) is 0 Å². The number of carbonyl (C=O) groups excluding carboxylic acids is 2. The van der Waals surface area contributed by atoms with Crippen LogP contribution in [0.2, 0.25) is 0 Å². The number of amides is 3. The van der Waals surface area contributed by atoms with E-state index in [-0.39, 0.29) is 11.9 Å². The molecule has 2 fully saturated rings. The number of halogens is 1. The molecule has 24 heavy (non-hydrogen) atoms. The first kappa shape index (κ1) is 17.4. The molecule has 0 unspecified atom stereocenters. The first-order valence-corrected chi connectivity index (χ1v) is 9.37. The molecule has 1 heterocycles. The summed E-state index contributed by atoms with van der Waals surface area (Å²) in [5, 5.41) is 2.99. The van der Waals surface area contributed by atoms with Gasteiger partial charge >= 0.3 is 6.03 Å². The van der Waals surface area contributed by atoms with Gasteiger partial charge in [0, 0.05) is 11.0 Å². The summed E-state index contributed by atoms with van der Waals surface area (Å²) < 4.78 is 1.04. The van der Waals surface area contributed by atoms with E-state index in [1.165, 1.54) is 4.90 Å².